The molecule has 1 unspecified atom stereocenters. The topological polar surface area (TPSA) is 78.1 Å². The number of nitrogens with zero attached hydrogens (tertiary/aromatic N) is 3. The van der Waals surface area contributed by atoms with Gasteiger partial charge in [-0.3, -0.25) is 14.6 Å². The van der Waals surface area contributed by atoms with E-state index in [0.29, 0.717) is 24.6 Å². The number of hydrogen-bond donors (Lipinski definition) is 1. The lowest BCUT2D eigenvalue weighted by atomic mass is 9.92. The van der Waals surface area contributed by atoms with Crippen molar-refractivity contribution in [2.75, 3.05) is 52.5 Å². The van der Waals surface area contributed by atoms with E-state index in [4.69, 9.17) is 21.1 Å². The predicted molar refractivity (Wildman–Crippen MR) is 156 cm³/mol. The van der Waals surface area contributed by atoms with Crippen molar-refractivity contribution in [3.8, 4) is 17.6 Å². The Morgan fingerprint density at radius 1 is 1.07 bits per heavy atom. The molecule has 1 atom stereocenters. The van der Waals surface area contributed by atoms with Crippen LogP contribution in [0.25, 0.3) is 10.9 Å². The number of amides is 2. The lowest BCUT2D eigenvalue weighted by Crippen LogP contribution is -2.48. The van der Waals surface area contributed by atoms with E-state index in [2.05, 4.69) is 21.7 Å². The highest BCUT2D eigenvalue weighted by Gasteiger charge is 2.35. The molecule has 1 N–H and O–H groups in total. The van der Waals surface area contributed by atoms with Crippen molar-refractivity contribution >= 4 is 34.5 Å². The molecule has 2 aliphatic heterocycles. The maximum Gasteiger partial charge on any atom is 0.411 e. The highest BCUT2D eigenvalue weighted by atomic mass is 35.5. The van der Waals surface area contributed by atoms with Gasteiger partial charge < -0.3 is 19.4 Å². The second kappa shape index (κ2) is 12.7. The molecule has 1 saturated heterocycles. The molecule has 1 fully saturated rings. The Kier molecular flexibility index (Phi) is 8.83. The third-order valence-electron chi connectivity index (χ3n) is 7.67. The SMILES string of the molecule is CC#CCOC(=O)N1CCc2c([nH]c3ccc(Cl)cc23)C1c1ccc(OCCCN2CCN(C(C)=O)CC2)cc1. The molecular formula is C31H35ClN4O4. The molecule has 210 valence electrons. The molecule has 0 saturated carbocycles. The number of piperazine rings is 1. The van der Waals surface area contributed by atoms with E-state index in [1.54, 1.807) is 18.7 Å². The van der Waals surface area contributed by atoms with Crippen LogP contribution < -0.4 is 4.74 Å². The van der Waals surface area contributed by atoms with Crippen LogP contribution in [0.1, 0.15) is 43.1 Å². The van der Waals surface area contributed by atoms with Crippen LogP contribution in [0, 0.1) is 11.8 Å². The third kappa shape index (κ3) is 6.22. The van der Waals surface area contributed by atoms with Crippen LogP contribution in [-0.4, -0.2) is 84.2 Å². The molecule has 2 amide bonds. The van der Waals surface area contributed by atoms with E-state index >= 15 is 0 Å². The van der Waals surface area contributed by atoms with Crippen molar-refractivity contribution in [1.29, 1.82) is 0 Å². The number of fused-ring (bicyclic) bond motifs is 3. The molecular weight excluding hydrogens is 528 g/mol. The number of carbonyl (C=O) groups is 2. The Morgan fingerprint density at radius 3 is 2.58 bits per heavy atom. The van der Waals surface area contributed by atoms with E-state index in [0.717, 1.165) is 67.1 Å². The summed E-state index contributed by atoms with van der Waals surface area (Å²) in [5, 5.41) is 1.77. The van der Waals surface area contributed by atoms with Crippen molar-refractivity contribution in [2.45, 2.75) is 32.7 Å². The van der Waals surface area contributed by atoms with Crippen LogP contribution in [0.5, 0.6) is 5.75 Å². The van der Waals surface area contributed by atoms with Gasteiger partial charge in [0.15, 0.2) is 6.61 Å². The number of aromatic amines is 1. The number of benzene rings is 2. The fourth-order valence-corrected chi connectivity index (χ4v) is 5.74. The molecule has 0 radical (unpaired) electrons. The molecule has 2 aliphatic rings. The summed E-state index contributed by atoms with van der Waals surface area (Å²) in [6.45, 7) is 8.88. The van der Waals surface area contributed by atoms with Gasteiger partial charge in [0.05, 0.1) is 6.61 Å². The van der Waals surface area contributed by atoms with Gasteiger partial charge >= 0.3 is 6.09 Å². The number of hydrogen-bond acceptors (Lipinski definition) is 5. The molecule has 2 aromatic carbocycles. The number of aromatic nitrogens is 1. The largest absolute Gasteiger partial charge is 0.494 e. The zero-order valence-electron chi connectivity index (χ0n) is 23.0. The average Bonchev–Trinajstić information content (AvgIpc) is 3.33. The zero-order valence-corrected chi connectivity index (χ0v) is 23.8. The Bertz CT molecular complexity index is 1420. The van der Waals surface area contributed by atoms with Gasteiger partial charge in [0.1, 0.15) is 11.8 Å². The first-order valence-electron chi connectivity index (χ1n) is 13.8. The van der Waals surface area contributed by atoms with Crippen LogP contribution in [0.2, 0.25) is 5.02 Å². The van der Waals surface area contributed by atoms with Crippen LogP contribution in [-0.2, 0) is 16.0 Å². The van der Waals surface area contributed by atoms with Crippen LogP contribution in [0.4, 0.5) is 4.79 Å². The quantitative estimate of drug-likeness (QED) is 0.329. The molecule has 9 heteroatoms. The molecule has 1 aromatic heterocycles. The number of rotatable bonds is 7. The van der Waals surface area contributed by atoms with Crippen LogP contribution in [0.3, 0.4) is 0 Å². The maximum absolute atomic E-state index is 13.1. The maximum atomic E-state index is 13.1. The van der Waals surface area contributed by atoms with E-state index in [9.17, 15) is 9.59 Å². The summed E-state index contributed by atoms with van der Waals surface area (Å²) in [6, 6.07) is 13.4. The monoisotopic (exact) mass is 562 g/mol. The number of halogens is 1. The van der Waals surface area contributed by atoms with E-state index in [1.165, 1.54) is 5.56 Å². The Hall–Kier alpha value is -3.67. The van der Waals surface area contributed by atoms with Crippen LogP contribution >= 0.6 is 11.6 Å². The predicted octanol–water partition coefficient (Wildman–Crippen LogP) is 4.86. The van der Waals surface area contributed by atoms with E-state index in [-0.39, 0.29) is 24.6 Å². The number of carbonyl (C=O) groups excluding carboxylic acids is 2. The minimum atomic E-state index is -0.389. The van der Waals surface area contributed by atoms with Gasteiger partial charge in [-0.1, -0.05) is 29.7 Å². The first-order valence-corrected chi connectivity index (χ1v) is 14.2. The second-order valence-corrected chi connectivity index (χ2v) is 10.6. The lowest BCUT2D eigenvalue weighted by Gasteiger charge is -2.35. The summed E-state index contributed by atoms with van der Waals surface area (Å²) in [7, 11) is 0. The fourth-order valence-electron chi connectivity index (χ4n) is 5.57. The van der Waals surface area contributed by atoms with Crippen molar-refractivity contribution < 1.29 is 19.1 Å². The molecule has 8 nitrogen and oxygen atoms in total. The number of ether oxygens (including phenoxy) is 2. The summed E-state index contributed by atoms with van der Waals surface area (Å²) in [5.74, 6) is 6.50. The van der Waals surface area contributed by atoms with Crippen LogP contribution in [0.15, 0.2) is 42.5 Å². The lowest BCUT2D eigenvalue weighted by molar-refractivity contribution is -0.130. The Labute approximate surface area is 240 Å². The smallest absolute Gasteiger partial charge is 0.411 e. The van der Waals surface area contributed by atoms with Crippen molar-refractivity contribution in [3.05, 3.63) is 64.3 Å². The summed E-state index contributed by atoms with van der Waals surface area (Å²) in [4.78, 5) is 34.2. The minimum Gasteiger partial charge on any atom is -0.494 e. The summed E-state index contributed by atoms with van der Waals surface area (Å²) < 4.78 is 11.5. The summed E-state index contributed by atoms with van der Waals surface area (Å²) in [5.41, 5.74) is 4.10. The van der Waals surface area contributed by atoms with Gasteiger partial charge in [-0.2, -0.15) is 0 Å². The fraction of sp³-hybridized carbons (Fsp3) is 0.419. The minimum absolute atomic E-state index is 0.0624. The van der Waals surface area contributed by atoms with Gasteiger partial charge in [-0.25, -0.2) is 4.79 Å². The third-order valence-corrected chi connectivity index (χ3v) is 7.90. The van der Waals surface area contributed by atoms with Crippen molar-refractivity contribution in [1.82, 2.24) is 19.7 Å². The van der Waals surface area contributed by atoms with E-state index in [1.807, 2.05) is 47.4 Å². The molecule has 0 aliphatic carbocycles. The van der Waals surface area contributed by atoms with Gasteiger partial charge in [0.2, 0.25) is 5.91 Å². The van der Waals surface area contributed by atoms with Gasteiger partial charge in [-0.15, -0.1) is 5.92 Å². The first kappa shape index (κ1) is 27.9. The average molecular weight is 563 g/mol. The zero-order chi connectivity index (χ0) is 28.1. The molecule has 3 aromatic rings. The van der Waals surface area contributed by atoms with Gasteiger partial charge in [0, 0.05) is 67.8 Å². The summed E-state index contributed by atoms with van der Waals surface area (Å²) in [6.07, 6.45) is 1.22. The summed E-state index contributed by atoms with van der Waals surface area (Å²) >= 11 is 6.31. The second-order valence-electron chi connectivity index (χ2n) is 10.2. The molecule has 5 rings (SSSR count). The van der Waals surface area contributed by atoms with Gasteiger partial charge in [-0.05, 0) is 61.2 Å². The Balaban J connectivity index is 1.27. The van der Waals surface area contributed by atoms with Gasteiger partial charge in [0.25, 0.3) is 0 Å². The Morgan fingerprint density at radius 2 is 1.85 bits per heavy atom. The highest BCUT2D eigenvalue weighted by molar-refractivity contribution is 6.31. The standard InChI is InChI=1S/C31H35ClN4O4/c1-3-4-19-40-31(38)36-14-12-26-27-21-24(32)8-11-28(27)33-29(26)30(36)23-6-9-25(10-7-23)39-20-5-13-34-15-17-35(18-16-34)22(2)37/h6-11,21,30,33H,5,12-20H2,1-2H3. The van der Waals surface area contributed by atoms with E-state index < -0.39 is 0 Å². The molecule has 3 heterocycles. The number of nitrogens with one attached hydrogen (secondary N) is 1. The highest BCUT2D eigenvalue weighted by Crippen LogP contribution is 2.39. The van der Waals surface area contributed by atoms with Crippen molar-refractivity contribution in [3.63, 3.8) is 0 Å². The molecule has 40 heavy (non-hydrogen) atoms. The number of H-pyrrole nitrogens is 1. The molecule has 0 spiro atoms. The molecule has 0 bridgehead atoms. The first-order chi connectivity index (χ1) is 19.4. The van der Waals surface area contributed by atoms with Crippen molar-refractivity contribution in [2.24, 2.45) is 0 Å². The normalized spacial score (nSPS) is 17.2.